The van der Waals surface area contributed by atoms with Crippen LogP contribution < -0.4 is 5.73 Å². The van der Waals surface area contributed by atoms with Gasteiger partial charge in [0, 0.05) is 6.55 Å². The molecule has 12 rings (SSSR count). The molecule has 2 N–H and O–H groups in total. The van der Waals surface area contributed by atoms with Gasteiger partial charge in [0.05, 0.1) is 6.17 Å². The van der Waals surface area contributed by atoms with Crippen molar-refractivity contribution < 1.29 is 107 Å². The fraction of sp³-hybridized carbons (Fsp3) is 0.160. The van der Waals surface area contributed by atoms with E-state index in [-0.39, 0.29) is 0 Å². The number of nitrogens with two attached hydrogens (primary N) is 1. The summed E-state index contributed by atoms with van der Waals surface area (Å²) >= 11 is 0. The molecule has 0 spiro atoms. The minimum absolute atomic E-state index is 0.390. The van der Waals surface area contributed by atoms with Crippen LogP contribution in [0.2, 0.25) is 6.55 Å². The Labute approximate surface area is 481 Å². The third-order valence-electron chi connectivity index (χ3n) is 12.5. The van der Waals surface area contributed by atoms with Gasteiger partial charge in [-0.05, 0) is 33.4 Å². The van der Waals surface area contributed by atoms with Gasteiger partial charge >= 0.3 is 104 Å². The lowest BCUT2D eigenvalue weighted by Crippen LogP contribution is -2.93. The monoisotopic (exact) mass is 1270 g/mol. The third-order valence-corrected chi connectivity index (χ3v) is 44.4. The number of benzene rings is 6. The first-order valence-electron chi connectivity index (χ1n) is 25.4. The molecule has 6 heterocycles. The van der Waals surface area contributed by atoms with E-state index in [9.17, 15) is 0 Å². The summed E-state index contributed by atoms with van der Waals surface area (Å²) in [4.78, 5) is 93.9. The van der Waals surface area contributed by atoms with E-state index in [1.54, 1.807) is 182 Å². The van der Waals surface area contributed by atoms with Crippen LogP contribution in [0.15, 0.2) is 182 Å². The lowest BCUT2D eigenvalue weighted by Gasteiger charge is -2.58. The van der Waals surface area contributed by atoms with E-state index in [0.29, 0.717) is 33.4 Å². The van der Waals surface area contributed by atoms with Gasteiger partial charge in [0.1, 0.15) is 39.6 Å². The van der Waals surface area contributed by atoms with E-state index in [4.69, 9.17) is 83.5 Å². The quantitative estimate of drug-likeness (QED) is 0.0610. The molecule has 6 aliphatic rings. The van der Waals surface area contributed by atoms with Crippen molar-refractivity contribution in [2.45, 2.75) is 46.2 Å². The van der Waals surface area contributed by atoms with Crippen LogP contribution >= 0.6 is 0 Å². The maximum absolute atomic E-state index is 15.7. The maximum atomic E-state index is 15.7. The average molecular weight is 1270 g/mol. The zero-order valence-electron chi connectivity index (χ0n) is 43.6. The molecule has 0 amide bonds. The Morgan fingerprint density at radius 2 is 0.458 bits per heavy atom. The Bertz CT molecular complexity index is 2990. The van der Waals surface area contributed by atoms with E-state index in [2.05, 4.69) is 0 Å². The molecule has 0 atom stereocenters. The standard InChI is InChI=1S/C50H49NO24Si8/c1-76-64-78(45(52)58-32-39-20-8-2-9-21-39)70-81(48(55)61-35-42-26-14-5-15-27-42)67-77(38-51)68-82(71-78,49(56)62-36-43-28-16-6-17-29-43)73-80(66-76,47(54)60-34-41-24-12-4-13-25-41)75-83(69-77,50(57)63-37-44-30-18-7-19-31-44)74-79(65-76,72-81)46(53)59-33-40-22-10-3-11-23-40/h2-31H,32-38,51H2,1H3. The molecule has 0 saturated carbocycles. The van der Waals surface area contributed by atoms with Gasteiger partial charge in [-0.15, -0.1) is 0 Å². The molecule has 0 unspecified atom stereocenters. The summed E-state index contributed by atoms with van der Waals surface area (Å²) in [6, 6.07) is 49.3. The summed E-state index contributed by atoms with van der Waals surface area (Å²) in [7, 11) is -49.0. The van der Waals surface area contributed by atoms with Crippen molar-refractivity contribution in [2.75, 3.05) is 6.17 Å². The Morgan fingerprint density at radius 1 is 0.289 bits per heavy atom. The molecule has 0 aromatic heterocycles. The number of hydrogen-bond donors (Lipinski definition) is 1. The Hall–Kier alpha value is -6.64. The van der Waals surface area contributed by atoms with Gasteiger partial charge in [-0.1, -0.05) is 182 Å². The molecule has 0 radical (unpaired) electrons. The smallest absolute Gasteiger partial charge is 0.459 e. The number of carbonyl (C=O) groups is 6. The molecular weight excluding hydrogens is 1220 g/mol. The summed E-state index contributed by atoms with van der Waals surface area (Å²) in [5.74, 6) is 0. The van der Waals surface area contributed by atoms with Crippen LogP contribution in [-0.4, -0.2) is 110 Å². The Morgan fingerprint density at radius 3 is 0.627 bits per heavy atom. The van der Waals surface area contributed by atoms with E-state index in [0.717, 1.165) is 6.55 Å². The second-order valence-corrected chi connectivity index (χ2v) is 41.1. The zero-order chi connectivity index (χ0) is 57.8. The van der Waals surface area contributed by atoms with Crippen LogP contribution in [0.25, 0.3) is 0 Å². The van der Waals surface area contributed by atoms with Gasteiger partial charge in [-0.25, -0.2) is 28.8 Å². The van der Waals surface area contributed by atoms with Crippen molar-refractivity contribution in [1.82, 2.24) is 0 Å². The van der Waals surface area contributed by atoms with Crippen molar-refractivity contribution >= 4 is 104 Å². The average Bonchev–Trinajstić information content (AvgIpc) is 0.745. The second-order valence-electron chi connectivity index (χ2n) is 18.7. The lowest BCUT2D eigenvalue weighted by molar-refractivity contribution is -0.0301. The molecular formula is C50H49NO24Si8. The zero-order valence-corrected chi connectivity index (χ0v) is 51.6. The highest BCUT2D eigenvalue weighted by atomic mass is 28.6. The van der Waals surface area contributed by atoms with E-state index >= 15 is 28.8 Å². The summed E-state index contributed by atoms with van der Waals surface area (Å²) in [5.41, 5.74) is -0.582. The van der Waals surface area contributed by atoms with Gasteiger partial charge in [0.25, 0.3) is 0 Å². The second kappa shape index (κ2) is 23.8. The van der Waals surface area contributed by atoms with Gasteiger partial charge in [-0.2, -0.15) is 0 Å². The van der Waals surface area contributed by atoms with Crippen LogP contribution in [0.4, 0.5) is 28.8 Å². The van der Waals surface area contributed by atoms with Crippen LogP contribution in [0, 0.1) is 0 Å². The number of ether oxygens (including phenoxy) is 6. The molecule has 8 bridgehead atoms. The predicted molar refractivity (Wildman–Crippen MR) is 294 cm³/mol. The highest BCUT2D eigenvalue weighted by molar-refractivity contribution is 7.22. The summed E-state index contributed by atoms with van der Waals surface area (Å²) < 4.78 is 117. The summed E-state index contributed by atoms with van der Waals surface area (Å²) in [6.45, 7) is -2.35. The van der Waals surface area contributed by atoms with Crippen molar-refractivity contribution in [3.05, 3.63) is 215 Å². The molecule has 6 aromatic carbocycles. The van der Waals surface area contributed by atoms with Gasteiger partial charge < -0.3 is 83.5 Å². The van der Waals surface area contributed by atoms with Crippen LogP contribution in [0.3, 0.4) is 0 Å². The first-order valence-corrected chi connectivity index (χ1v) is 39.9. The van der Waals surface area contributed by atoms with Gasteiger partial charge in [0.15, 0.2) is 0 Å². The summed E-state index contributed by atoms with van der Waals surface area (Å²) in [6.07, 6.45) is -1.12. The van der Waals surface area contributed by atoms with Crippen LogP contribution in [0.1, 0.15) is 33.4 Å². The van der Waals surface area contributed by atoms with Crippen LogP contribution in [0.5, 0.6) is 0 Å². The Balaban J connectivity index is 1.16. The van der Waals surface area contributed by atoms with E-state index < -0.39 is 150 Å². The Kier molecular flexibility index (Phi) is 16.7. The van der Waals surface area contributed by atoms with Crippen molar-refractivity contribution in [3.63, 3.8) is 0 Å². The predicted octanol–water partition coefficient (Wildman–Crippen LogP) is 7.40. The minimum Gasteiger partial charge on any atom is -0.459 e. The first-order chi connectivity index (χ1) is 40.0. The van der Waals surface area contributed by atoms with Crippen molar-refractivity contribution in [3.8, 4) is 0 Å². The fourth-order valence-electron chi connectivity index (χ4n) is 8.65. The van der Waals surface area contributed by atoms with Gasteiger partial charge in [-0.3, -0.25) is 0 Å². The molecule has 6 fully saturated rings. The highest BCUT2D eigenvalue weighted by Crippen LogP contribution is 2.50. The third kappa shape index (κ3) is 12.2. The molecule has 6 aliphatic heterocycles. The minimum atomic E-state index is -6.28. The molecule has 0 aliphatic carbocycles. The number of hydrogen-bond acceptors (Lipinski definition) is 25. The fourth-order valence-corrected chi connectivity index (χ4v) is 49.4. The lowest BCUT2D eigenvalue weighted by atomic mass is 10.2. The number of rotatable bonds is 19. The SMILES string of the molecule is C[Si]12O[Si]3(C(=O)OCc4ccccc4)O[Si]4(C(=O)OCc5ccccc5)O[Si]5(CN)O[Si](C(=O)OCc6ccccc6)(O3)O[Si](C(=O)OCc3ccccc3)(O1)O[Si](C(=O)OCc1ccccc1)(O5)O[Si](C(=O)OCc1ccccc1)(O2)O4. The maximum Gasteiger partial charge on any atom is 0.600 e. The molecule has 6 aromatic rings. The molecule has 83 heavy (non-hydrogen) atoms. The van der Waals surface area contributed by atoms with Crippen molar-refractivity contribution in [1.29, 1.82) is 0 Å². The summed E-state index contributed by atoms with van der Waals surface area (Å²) in [5, 5.41) is 0. The van der Waals surface area contributed by atoms with E-state index in [1.165, 1.54) is 0 Å². The van der Waals surface area contributed by atoms with Gasteiger partial charge in [0.2, 0.25) is 0 Å². The van der Waals surface area contributed by atoms with Crippen LogP contribution in [-0.2, 0) is 117 Å². The topological polar surface area (TPSA) is 295 Å². The normalized spacial score (nSPS) is 29.3. The van der Waals surface area contributed by atoms with E-state index in [1.807, 2.05) is 0 Å². The first kappa shape index (κ1) is 58.1. The highest BCUT2D eigenvalue weighted by Gasteiger charge is 2.92. The van der Waals surface area contributed by atoms with Crippen molar-refractivity contribution in [2.24, 2.45) is 5.73 Å². The molecule has 6 saturated heterocycles. The largest absolute Gasteiger partial charge is 0.600 e. The molecule has 25 nitrogen and oxygen atoms in total. The number of carbonyl (C=O) groups excluding carboxylic acids is 6. The molecule has 33 heteroatoms. The molecule has 430 valence electrons.